The number of thiazole rings is 1. The van der Waals surface area contributed by atoms with Gasteiger partial charge in [-0.25, -0.2) is 4.98 Å². The van der Waals surface area contributed by atoms with Crippen LogP contribution in [0.4, 0.5) is 5.13 Å². The van der Waals surface area contributed by atoms with Crippen molar-refractivity contribution >= 4 is 22.4 Å². The first-order chi connectivity index (χ1) is 9.74. The van der Waals surface area contributed by atoms with Gasteiger partial charge in [0.15, 0.2) is 5.13 Å². The number of piperidine rings is 1. The van der Waals surface area contributed by atoms with E-state index < -0.39 is 5.97 Å². The number of nitrogens with zero attached hydrogens (tertiary/aromatic N) is 2. The Hall–Kier alpha value is -1.10. The molecule has 0 unspecified atom stereocenters. The number of fused-ring (bicyclic) bond motifs is 1. The molecule has 4 nitrogen and oxygen atoms in total. The van der Waals surface area contributed by atoms with E-state index in [9.17, 15) is 4.79 Å². The van der Waals surface area contributed by atoms with E-state index in [1.54, 1.807) is 11.3 Å². The lowest BCUT2D eigenvalue weighted by atomic mass is 9.78. The van der Waals surface area contributed by atoms with Gasteiger partial charge in [-0.1, -0.05) is 12.8 Å². The molecule has 1 saturated heterocycles. The van der Waals surface area contributed by atoms with Gasteiger partial charge in [0.1, 0.15) is 0 Å². The molecule has 20 heavy (non-hydrogen) atoms. The molecular formula is C15H22N2O2S. The van der Waals surface area contributed by atoms with Gasteiger partial charge in [0, 0.05) is 24.4 Å². The summed E-state index contributed by atoms with van der Waals surface area (Å²) in [5, 5.41) is 11.9. The van der Waals surface area contributed by atoms with Crippen LogP contribution < -0.4 is 4.90 Å². The van der Waals surface area contributed by atoms with Gasteiger partial charge in [0.2, 0.25) is 0 Å². The first-order valence-corrected chi connectivity index (χ1v) is 8.55. The van der Waals surface area contributed by atoms with E-state index in [0.717, 1.165) is 23.3 Å². The topological polar surface area (TPSA) is 53.4 Å². The Kier molecular flexibility index (Phi) is 4.24. The second kappa shape index (κ2) is 6.12. The Morgan fingerprint density at radius 1 is 1.35 bits per heavy atom. The molecule has 0 radical (unpaired) electrons. The Labute approximate surface area is 123 Å². The van der Waals surface area contributed by atoms with Gasteiger partial charge in [-0.15, -0.1) is 11.3 Å². The molecule has 3 rings (SSSR count). The van der Waals surface area contributed by atoms with Crippen molar-refractivity contribution in [3.8, 4) is 0 Å². The third-order valence-corrected chi connectivity index (χ3v) is 5.55. The fraction of sp³-hybridized carbons (Fsp3) is 0.733. The summed E-state index contributed by atoms with van der Waals surface area (Å²) in [5.74, 6) is 0.105. The molecule has 0 bridgehead atoms. The minimum atomic E-state index is -0.745. The maximum absolute atomic E-state index is 10.6. The van der Waals surface area contributed by atoms with E-state index in [-0.39, 0.29) is 6.42 Å². The minimum absolute atomic E-state index is 0.176. The molecule has 2 heterocycles. The number of aromatic nitrogens is 1. The van der Waals surface area contributed by atoms with Gasteiger partial charge < -0.3 is 10.0 Å². The summed E-state index contributed by atoms with van der Waals surface area (Å²) in [6.07, 6.45) is 8.77. The minimum Gasteiger partial charge on any atom is -0.481 e. The van der Waals surface area contributed by atoms with Crippen molar-refractivity contribution < 1.29 is 9.90 Å². The maximum atomic E-state index is 10.6. The van der Waals surface area contributed by atoms with Gasteiger partial charge in [-0.2, -0.15) is 0 Å². The summed E-state index contributed by atoms with van der Waals surface area (Å²) >= 11 is 1.69. The number of hydrogen-bond acceptors (Lipinski definition) is 4. The van der Waals surface area contributed by atoms with Crippen LogP contribution in [0.3, 0.4) is 0 Å². The van der Waals surface area contributed by atoms with E-state index >= 15 is 0 Å². The van der Waals surface area contributed by atoms with Crippen LogP contribution in [0, 0.1) is 5.92 Å². The quantitative estimate of drug-likeness (QED) is 0.925. The van der Waals surface area contributed by atoms with Crippen molar-refractivity contribution in [2.75, 3.05) is 11.4 Å². The highest BCUT2D eigenvalue weighted by atomic mass is 32.1. The second-order valence-corrected chi connectivity index (χ2v) is 6.80. The van der Waals surface area contributed by atoms with Crippen LogP contribution in [0.15, 0.2) is 5.38 Å². The number of aryl methyl sites for hydroxylation is 1. The van der Waals surface area contributed by atoms with Gasteiger partial charge >= 0.3 is 5.97 Å². The molecule has 1 aromatic rings. The maximum Gasteiger partial charge on any atom is 0.303 e. The number of hydrogen-bond donors (Lipinski definition) is 1. The highest BCUT2D eigenvalue weighted by molar-refractivity contribution is 7.13. The molecule has 0 amide bonds. The highest BCUT2D eigenvalue weighted by Crippen LogP contribution is 2.38. The summed E-state index contributed by atoms with van der Waals surface area (Å²) in [6, 6.07) is 0.677. The fourth-order valence-corrected chi connectivity index (χ4v) is 4.58. The number of carboxylic acid groups (broad SMARTS) is 1. The molecule has 1 N–H and O–H groups in total. The third-order valence-electron chi connectivity index (χ3n) is 4.62. The zero-order chi connectivity index (χ0) is 13.9. The van der Waals surface area contributed by atoms with Crippen molar-refractivity contribution in [2.45, 2.75) is 57.4 Å². The van der Waals surface area contributed by atoms with Crippen LogP contribution in [0.1, 0.15) is 50.6 Å². The number of carboxylic acids is 1. The van der Waals surface area contributed by atoms with Crippen molar-refractivity contribution in [3.05, 3.63) is 11.1 Å². The lowest BCUT2D eigenvalue weighted by molar-refractivity contribution is -0.136. The van der Waals surface area contributed by atoms with Crippen LogP contribution >= 0.6 is 11.3 Å². The number of anilines is 1. The molecule has 2 atom stereocenters. The zero-order valence-corrected chi connectivity index (χ0v) is 12.6. The van der Waals surface area contributed by atoms with Crippen LogP contribution in [0.25, 0.3) is 0 Å². The molecule has 5 heteroatoms. The monoisotopic (exact) mass is 294 g/mol. The molecule has 110 valence electrons. The Morgan fingerprint density at radius 2 is 2.15 bits per heavy atom. The first kappa shape index (κ1) is 13.9. The van der Waals surface area contributed by atoms with Gasteiger partial charge in [0.05, 0.1) is 12.1 Å². The van der Waals surface area contributed by atoms with E-state index in [0.29, 0.717) is 12.5 Å². The van der Waals surface area contributed by atoms with E-state index in [4.69, 9.17) is 5.11 Å². The van der Waals surface area contributed by atoms with Crippen molar-refractivity contribution in [3.63, 3.8) is 0 Å². The molecular weight excluding hydrogens is 272 g/mol. The molecule has 1 aromatic heterocycles. The lowest BCUT2D eigenvalue weighted by Gasteiger charge is -2.44. The predicted molar refractivity (Wildman–Crippen MR) is 80.4 cm³/mol. The normalized spacial score (nSPS) is 26.3. The average Bonchev–Trinajstić information content (AvgIpc) is 2.93. The lowest BCUT2D eigenvalue weighted by Crippen LogP contribution is -2.46. The largest absolute Gasteiger partial charge is 0.481 e. The SMILES string of the molecule is O=C(O)CCc1csc(N2CCC[C@H]3CCCC[C@H]32)n1. The van der Waals surface area contributed by atoms with Crippen molar-refractivity contribution in [1.29, 1.82) is 0 Å². The van der Waals surface area contributed by atoms with Crippen LogP contribution in [0.2, 0.25) is 0 Å². The van der Waals surface area contributed by atoms with Crippen LogP contribution in [-0.4, -0.2) is 28.6 Å². The highest BCUT2D eigenvalue weighted by Gasteiger charge is 2.34. The molecule has 1 aliphatic heterocycles. The van der Waals surface area contributed by atoms with Crippen molar-refractivity contribution in [1.82, 2.24) is 4.98 Å². The molecule has 2 fully saturated rings. The van der Waals surface area contributed by atoms with E-state index in [1.165, 1.54) is 38.5 Å². The van der Waals surface area contributed by atoms with E-state index in [1.807, 2.05) is 5.38 Å². The number of carbonyl (C=O) groups is 1. The molecule has 1 saturated carbocycles. The average molecular weight is 294 g/mol. The second-order valence-electron chi connectivity index (χ2n) is 5.96. The standard InChI is InChI=1S/C15H22N2O2S/c18-14(19)8-7-12-10-20-15(16-12)17-9-3-5-11-4-1-2-6-13(11)17/h10-11,13H,1-9H2,(H,18,19)/t11-,13-/m1/s1. The third kappa shape index (κ3) is 2.97. The molecule has 2 aliphatic rings. The molecule has 0 spiro atoms. The Balaban J connectivity index is 1.69. The Bertz CT molecular complexity index is 472. The predicted octanol–water partition coefficient (Wildman–Crippen LogP) is 3.32. The first-order valence-electron chi connectivity index (χ1n) is 7.67. The summed E-state index contributed by atoms with van der Waals surface area (Å²) < 4.78 is 0. The summed E-state index contributed by atoms with van der Waals surface area (Å²) in [4.78, 5) is 17.8. The van der Waals surface area contributed by atoms with Crippen molar-refractivity contribution in [2.24, 2.45) is 5.92 Å². The number of rotatable bonds is 4. The van der Waals surface area contributed by atoms with Crippen LogP contribution in [0.5, 0.6) is 0 Å². The smallest absolute Gasteiger partial charge is 0.303 e. The molecule has 0 aromatic carbocycles. The summed E-state index contributed by atoms with van der Waals surface area (Å²) in [7, 11) is 0. The van der Waals surface area contributed by atoms with E-state index in [2.05, 4.69) is 9.88 Å². The van der Waals surface area contributed by atoms with Crippen LogP contribution in [-0.2, 0) is 11.2 Å². The van der Waals surface area contributed by atoms with Gasteiger partial charge in [-0.3, -0.25) is 4.79 Å². The number of aliphatic carboxylic acids is 1. The van der Waals surface area contributed by atoms with Gasteiger partial charge in [0.25, 0.3) is 0 Å². The summed E-state index contributed by atoms with van der Waals surface area (Å²) in [5.41, 5.74) is 0.935. The Morgan fingerprint density at radius 3 is 3.00 bits per heavy atom. The summed E-state index contributed by atoms with van der Waals surface area (Å²) in [6.45, 7) is 1.12. The van der Waals surface area contributed by atoms with Gasteiger partial charge in [-0.05, 0) is 31.6 Å². The molecule has 1 aliphatic carbocycles. The zero-order valence-electron chi connectivity index (χ0n) is 11.8. The fourth-order valence-electron chi connectivity index (χ4n) is 3.64.